The molecule has 0 fully saturated rings. The summed E-state index contributed by atoms with van der Waals surface area (Å²) in [5, 5.41) is 11.2. The van der Waals surface area contributed by atoms with Gasteiger partial charge in [0, 0.05) is 30.2 Å². The number of hydrogen-bond acceptors (Lipinski definition) is 8. The maximum absolute atomic E-state index is 13.1. The summed E-state index contributed by atoms with van der Waals surface area (Å²) in [4.78, 5) is 17.9. The van der Waals surface area contributed by atoms with E-state index in [0.717, 1.165) is 33.7 Å². The zero-order chi connectivity index (χ0) is 24.0. The average molecular weight is 469 g/mol. The summed E-state index contributed by atoms with van der Waals surface area (Å²) in [5.41, 5.74) is 4.28. The Hall–Kier alpha value is -4.30. The molecule has 35 heavy (non-hydrogen) atoms. The summed E-state index contributed by atoms with van der Waals surface area (Å²) in [7, 11) is 1.63. The lowest BCUT2D eigenvalue weighted by Gasteiger charge is -2.11. The number of methoxy groups -OCH3 is 1. The summed E-state index contributed by atoms with van der Waals surface area (Å²) >= 11 is 0. The Bertz CT molecular complexity index is 1330. The maximum Gasteiger partial charge on any atom is 0.317 e. The zero-order valence-electron chi connectivity index (χ0n) is 19.2. The van der Waals surface area contributed by atoms with Crippen LogP contribution in [0.15, 0.2) is 88.3 Å². The van der Waals surface area contributed by atoms with Crippen LogP contribution in [-0.4, -0.2) is 48.2 Å². The standard InChI is InChI=1S/C27H24N4O4/c1-33-15-16-34-21-13-11-19(12-14-21)26-30-31-27(35-26)29-25-23(32)17-20-9-5-6-10-22(20)24(28-25)18-7-3-2-4-8-18/h2-14,25H,15-17H2,1H3,(H,29,31)/t25-/m1/s1. The number of benzene rings is 3. The largest absolute Gasteiger partial charge is 0.491 e. The number of carbonyl (C=O) groups excluding carboxylic acids is 1. The summed E-state index contributed by atoms with van der Waals surface area (Å²) < 4.78 is 16.4. The minimum Gasteiger partial charge on any atom is -0.491 e. The topological polar surface area (TPSA) is 98.8 Å². The van der Waals surface area contributed by atoms with E-state index in [1.807, 2.05) is 78.9 Å². The molecule has 3 aromatic carbocycles. The number of hydrogen-bond donors (Lipinski definition) is 1. The predicted octanol–water partition coefficient (Wildman–Crippen LogP) is 4.16. The summed E-state index contributed by atoms with van der Waals surface area (Å²) in [5.74, 6) is 0.961. The van der Waals surface area contributed by atoms with Crippen LogP contribution >= 0.6 is 0 Å². The molecule has 4 aromatic rings. The molecular formula is C27H24N4O4. The van der Waals surface area contributed by atoms with E-state index >= 15 is 0 Å². The predicted molar refractivity (Wildman–Crippen MR) is 132 cm³/mol. The van der Waals surface area contributed by atoms with Gasteiger partial charge >= 0.3 is 6.01 Å². The molecule has 1 N–H and O–H groups in total. The molecule has 5 rings (SSSR count). The van der Waals surface area contributed by atoms with Crippen LogP contribution in [0.2, 0.25) is 0 Å². The molecule has 0 saturated carbocycles. The molecular weight excluding hydrogens is 444 g/mol. The van der Waals surface area contributed by atoms with E-state index in [1.54, 1.807) is 7.11 Å². The first-order valence-electron chi connectivity index (χ1n) is 11.3. The molecule has 176 valence electrons. The van der Waals surface area contributed by atoms with Gasteiger partial charge in [-0.1, -0.05) is 59.7 Å². The van der Waals surface area contributed by atoms with Gasteiger partial charge < -0.3 is 19.2 Å². The van der Waals surface area contributed by atoms with Crippen molar-refractivity contribution < 1.29 is 18.7 Å². The molecule has 0 amide bonds. The molecule has 1 aliphatic heterocycles. The van der Waals surface area contributed by atoms with Gasteiger partial charge in [0.1, 0.15) is 12.4 Å². The molecule has 8 heteroatoms. The number of aromatic nitrogens is 2. The minimum absolute atomic E-state index is 0.0827. The number of nitrogens with one attached hydrogen (secondary N) is 1. The number of ether oxygens (including phenoxy) is 2. The van der Waals surface area contributed by atoms with Crippen LogP contribution in [0.1, 0.15) is 16.7 Å². The van der Waals surface area contributed by atoms with Crippen LogP contribution in [-0.2, 0) is 16.0 Å². The monoisotopic (exact) mass is 468 g/mol. The molecule has 0 unspecified atom stereocenters. The van der Waals surface area contributed by atoms with E-state index in [1.165, 1.54) is 0 Å². The average Bonchev–Trinajstić information content (AvgIpc) is 3.31. The highest BCUT2D eigenvalue weighted by Crippen LogP contribution is 2.25. The van der Waals surface area contributed by atoms with Crippen molar-refractivity contribution in [3.8, 4) is 17.2 Å². The van der Waals surface area contributed by atoms with Crippen molar-refractivity contribution in [3.63, 3.8) is 0 Å². The van der Waals surface area contributed by atoms with Gasteiger partial charge in [-0.15, -0.1) is 5.10 Å². The van der Waals surface area contributed by atoms with Crippen LogP contribution in [0.3, 0.4) is 0 Å². The molecule has 0 aliphatic carbocycles. The second-order valence-electron chi connectivity index (χ2n) is 7.97. The van der Waals surface area contributed by atoms with Gasteiger partial charge in [0.05, 0.1) is 12.3 Å². The fourth-order valence-corrected chi connectivity index (χ4v) is 3.85. The van der Waals surface area contributed by atoms with Crippen molar-refractivity contribution in [2.75, 3.05) is 25.6 Å². The number of rotatable bonds is 8. The van der Waals surface area contributed by atoms with E-state index in [2.05, 4.69) is 15.5 Å². The quantitative estimate of drug-likeness (QED) is 0.388. The van der Waals surface area contributed by atoms with Crippen LogP contribution in [0.4, 0.5) is 6.01 Å². The number of Topliss-reactive ketones (excluding diaryl/α,β-unsaturated/α-hetero) is 1. The third-order valence-corrected chi connectivity index (χ3v) is 5.59. The number of aliphatic imine (C=N–C) groups is 1. The molecule has 0 saturated heterocycles. The fourth-order valence-electron chi connectivity index (χ4n) is 3.85. The molecule has 0 spiro atoms. The molecule has 2 heterocycles. The zero-order valence-corrected chi connectivity index (χ0v) is 19.2. The minimum atomic E-state index is -0.859. The Balaban J connectivity index is 1.38. The van der Waals surface area contributed by atoms with Gasteiger partial charge in [0.25, 0.3) is 0 Å². The van der Waals surface area contributed by atoms with Crippen LogP contribution in [0.5, 0.6) is 5.75 Å². The highest BCUT2D eigenvalue weighted by Gasteiger charge is 2.27. The van der Waals surface area contributed by atoms with Crippen molar-refractivity contribution >= 4 is 17.5 Å². The normalized spacial score (nSPS) is 15.2. The van der Waals surface area contributed by atoms with Crippen molar-refractivity contribution in [3.05, 3.63) is 95.6 Å². The highest BCUT2D eigenvalue weighted by molar-refractivity contribution is 6.16. The van der Waals surface area contributed by atoms with Crippen molar-refractivity contribution in [1.29, 1.82) is 0 Å². The van der Waals surface area contributed by atoms with Crippen LogP contribution in [0.25, 0.3) is 11.5 Å². The third kappa shape index (κ3) is 5.12. The lowest BCUT2D eigenvalue weighted by atomic mass is 9.96. The number of fused-ring (bicyclic) bond motifs is 1. The SMILES string of the molecule is COCCOc1ccc(-c2nnc(N[C@H]3N=C(c4ccccc4)c4ccccc4CC3=O)o2)cc1. The van der Waals surface area contributed by atoms with Crippen molar-refractivity contribution in [2.24, 2.45) is 4.99 Å². The van der Waals surface area contributed by atoms with Gasteiger partial charge in [0.15, 0.2) is 11.9 Å². The van der Waals surface area contributed by atoms with Crippen molar-refractivity contribution in [2.45, 2.75) is 12.6 Å². The maximum atomic E-state index is 13.1. The van der Waals surface area contributed by atoms with Gasteiger partial charge in [-0.25, -0.2) is 0 Å². The molecule has 1 aromatic heterocycles. The summed E-state index contributed by atoms with van der Waals surface area (Å²) in [6, 6.07) is 25.1. The van der Waals surface area contributed by atoms with Crippen molar-refractivity contribution in [1.82, 2.24) is 10.2 Å². The molecule has 1 atom stereocenters. The first-order valence-corrected chi connectivity index (χ1v) is 11.3. The summed E-state index contributed by atoms with van der Waals surface area (Å²) in [6.45, 7) is 0.981. The first-order chi connectivity index (χ1) is 17.2. The Morgan fingerprint density at radius 2 is 1.69 bits per heavy atom. The van der Waals surface area contributed by atoms with E-state index in [-0.39, 0.29) is 18.2 Å². The van der Waals surface area contributed by atoms with Crippen LogP contribution in [0, 0.1) is 0 Å². The second kappa shape index (κ2) is 10.3. The lowest BCUT2D eigenvalue weighted by Crippen LogP contribution is -2.29. The van der Waals surface area contributed by atoms with Crippen LogP contribution < -0.4 is 10.1 Å². The van der Waals surface area contributed by atoms with E-state index < -0.39 is 6.17 Å². The lowest BCUT2D eigenvalue weighted by molar-refractivity contribution is -0.119. The number of anilines is 1. The highest BCUT2D eigenvalue weighted by atomic mass is 16.5. The second-order valence-corrected chi connectivity index (χ2v) is 7.97. The van der Waals surface area contributed by atoms with E-state index in [0.29, 0.717) is 19.1 Å². The molecule has 1 aliphatic rings. The summed E-state index contributed by atoms with van der Waals surface area (Å²) in [6.07, 6.45) is -0.610. The van der Waals surface area contributed by atoms with Gasteiger partial charge in [-0.2, -0.15) is 0 Å². The molecule has 8 nitrogen and oxygen atoms in total. The Kier molecular flexibility index (Phi) is 6.63. The molecule has 0 bridgehead atoms. The molecule has 0 radical (unpaired) electrons. The van der Waals surface area contributed by atoms with Gasteiger partial charge in [0.2, 0.25) is 5.89 Å². The van der Waals surface area contributed by atoms with E-state index in [4.69, 9.17) is 18.9 Å². The smallest absolute Gasteiger partial charge is 0.317 e. The number of nitrogens with zero attached hydrogens (tertiary/aromatic N) is 3. The Labute approximate surface area is 202 Å². The first kappa shape index (κ1) is 22.5. The van der Waals surface area contributed by atoms with Gasteiger partial charge in [-0.05, 0) is 29.8 Å². The number of ketones is 1. The fraction of sp³-hybridized carbons (Fsp3) is 0.185. The Morgan fingerprint density at radius 3 is 2.49 bits per heavy atom. The van der Waals surface area contributed by atoms with Gasteiger partial charge in [-0.3, -0.25) is 9.79 Å². The number of carbonyl (C=O) groups is 1. The Morgan fingerprint density at radius 1 is 0.914 bits per heavy atom. The third-order valence-electron chi connectivity index (χ3n) is 5.59. The van der Waals surface area contributed by atoms with E-state index in [9.17, 15) is 4.79 Å².